The second-order valence-electron chi connectivity index (χ2n) is 6.58. The van der Waals surface area contributed by atoms with Gasteiger partial charge in [-0.1, -0.05) is 64.1 Å². The molecule has 0 fully saturated rings. The zero-order valence-electron chi connectivity index (χ0n) is 15.7. The summed E-state index contributed by atoms with van der Waals surface area (Å²) in [6.45, 7) is 1.40. The Balaban J connectivity index is 1.34. The van der Waals surface area contributed by atoms with Crippen molar-refractivity contribution in [3.8, 4) is 0 Å². The smallest absolute Gasteiger partial charge is 0.340 e. The van der Waals surface area contributed by atoms with Crippen molar-refractivity contribution in [2.24, 2.45) is 4.99 Å². The molecule has 2 amide bonds. The molecule has 0 spiro atoms. The number of anilines is 2. The Kier molecular flexibility index (Phi) is 6.32. The van der Waals surface area contributed by atoms with Gasteiger partial charge in [0.15, 0.2) is 0 Å². The monoisotopic (exact) mass is 465 g/mol. The van der Waals surface area contributed by atoms with Crippen molar-refractivity contribution in [3.63, 3.8) is 0 Å². The van der Waals surface area contributed by atoms with Gasteiger partial charge in [0.1, 0.15) is 0 Å². The number of urea groups is 1. The number of carbonyl (C=O) groups excluding carboxylic acids is 1. The first kappa shape index (κ1) is 19.7. The van der Waals surface area contributed by atoms with Crippen molar-refractivity contribution < 1.29 is 4.79 Å². The van der Waals surface area contributed by atoms with E-state index in [1.165, 1.54) is 21.2 Å². The second kappa shape index (κ2) is 9.29. The Bertz CT molecular complexity index is 991. The summed E-state index contributed by atoms with van der Waals surface area (Å²) < 4.78 is 0.998. The maximum Gasteiger partial charge on any atom is 0.340 e. The number of nitrogens with zero attached hydrogens (tertiary/aromatic N) is 2. The summed E-state index contributed by atoms with van der Waals surface area (Å²) in [7, 11) is 0. The fraction of sp³-hybridized carbons (Fsp3) is 0.130. The van der Waals surface area contributed by atoms with E-state index in [0.717, 1.165) is 23.0 Å². The molecular weight excluding hydrogens is 446 g/mol. The average Bonchev–Trinajstić information content (AvgIpc) is 2.75. The van der Waals surface area contributed by atoms with Crippen LogP contribution in [0.2, 0.25) is 0 Å². The van der Waals surface area contributed by atoms with Crippen molar-refractivity contribution >= 4 is 51.3 Å². The van der Waals surface area contributed by atoms with E-state index in [4.69, 9.17) is 0 Å². The van der Waals surface area contributed by atoms with Crippen LogP contribution in [0.4, 0.5) is 16.2 Å². The lowest BCUT2D eigenvalue weighted by atomic mass is 10.2. The summed E-state index contributed by atoms with van der Waals surface area (Å²) in [5, 5.41) is 2.87. The molecule has 1 N–H and O–H groups in total. The number of benzene rings is 3. The number of halogens is 1. The van der Waals surface area contributed by atoms with Gasteiger partial charge in [0.2, 0.25) is 0 Å². The molecule has 0 aromatic heterocycles. The van der Waals surface area contributed by atoms with Crippen molar-refractivity contribution in [2.45, 2.75) is 16.2 Å². The van der Waals surface area contributed by atoms with Gasteiger partial charge in [0, 0.05) is 33.6 Å². The van der Waals surface area contributed by atoms with Gasteiger partial charge in [-0.3, -0.25) is 0 Å². The van der Waals surface area contributed by atoms with Crippen LogP contribution >= 0.6 is 27.7 Å². The molecule has 29 heavy (non-hydrogen) atoms. The van der Waals surface area contributed by atoms with E-state index in [1.54, 1.807) is 18.0 Å². The van der Waals surface area contributed by atoms with Crippen LogP contribution in [0.1, 0.15) is 12.0 Å². The second-order valence-corrected chi connectivity index (χ2v) is 8.58. The lowest BCUT2D eigenvalue weighted by Gasteiger charge is -2.32. The standard InChI is InChI=1S/C23H20BrN3OS/c24-18-12-10-17(11-13-18)16-26-23(28)25-14-5-15-27-19-6-1-3-8-21(19)29-22-9-4-2-7-20(22)27/h1-4,6-13,16H,5,14-15H2,(H,25,28)/b26-16+. The van der Waals surface area contributed by atoms with Crippen LogP contribution in [0.25, 0.3) is 0 Å². The third kappa shape index (κ3) is 4.89. The molecule has 146 valence electrons. The number of carbonyl (C=O) groups is 1. The highest BCUT2D eigenvalue weighted by Crippen LogP contribution is 2.47. The highest BCUT2D eigenvalue weighted by atomic mass is 79.9. The number of amides is 2. The Labute approximate surface area is 183 Å². The molecule has 0 aliphatic carbocycles. The van der Waals surface area contributed by atoms with Crippen LogP contribution in [0.3, 0.4) is 0 Å². The quantitative estimate of drug-likeness (QED) is 0.356. The molecule has 3 aromatic rings. The fourth-order valence-corrected chi connectivity index (χ4v) is 4.54. The van der Waals surface area contributed by atoms with Crippen LogP contribution in [0.5, 0.6) is 0 Å². The van der Waals surface area contributed by atoms with Gasteiger partial charge in [-0.2, -0.15) is 0 Å². The summed E-state index contributed by atoms with van der Waals surface area (Å²) in [5.74, 6) is 0. The molecule has 0 unspecified atom stereocenters. The molecular formula is C23H20BrN3OS. The Morgan fingerprint density at radius 2 is 1.59 bits per heavy atom. The lowest BCUT2D eigenvalue weighted by molar-refractivity contribution is 0.249. The number of hydrogen-bond acceptors (Lipinski definition) is 3. The van der Waals surface area contributed by atoms with Gasteiger partial charge in [0.25, 0.3) is 0 Å². The number of hydrogen-bond donors (Lipinski definition) is 1. The normalized spacial score (nSPS) is 12.5. The first-order chi connectivity index (χ1) is 14.2. The molecule has 0 saturated carbocycles. The molecule has 3 aromatic carbocycles. The Hall–Kier alpha value is -2.57. The number of nitrogens with one attached hydrogen (secondary N) is 1. The number of rotatable bonds is 5. The molecule has 6 heteroatoms. The molecule has 1 aliphatic heterocycles. The predicted octanol–water partition coefficient (Wildman–Crippen LogP) is 6.27. The summed E-state index contributed by atoms with van der Waals surface area (Å²) >= 11 is 5.19. The number of para-hydroxylation sites is 2. The average molecular weight is 466 g/mol. The van der Waals surface area contributed by atoms with Gasteiger partial charge in [-0.15, -0.1) is 0 Å². The van der Waals surface area contributed by atoms with E-state index in [9.17, 15) is 4.79 Å². The maximum absolute atomic E-state index is 12.0. The zero-order chi connectivity index (χ0) is 20.1. The van der Waals surface area contributed by atoms with Gasteiger partial charge in [0.05, 0.1) is 11.4 Å². The maximum atomic E-state index is 12.0. The van der Waals surface area contributed by atoms with Gasteiger partial charge >= 0.3 is 6.03 Å². The molecule has 1 heterocycles. The van der Waals surface area contributed by atoms with Crippen LogP contribution in [-0.4, -0.2) is 25.3 Å². The van der Waals surface area contributed by atoms with Crippen molar-refractivity contribution in [2.75, 3.05) is 18.0 Å². The van der Waals surface area contributed by atoms with Crippen LogP contribution < -0.4 is 10.2 Å². The van der Waals surface area contributed by atoms with Crippen LogP contribution in [-0.2, 0) is 0 Å². The zero-order valence-corrected chi connectivity index (χ0v) is 18.1. The third-order valence-corrected chi connectivity index (χ3v) is 6.23. The van der Waals surface area contributed by atoms with E-state index in [-0.39, 0.29) is 6.03 Å². The fourth-order valence-electron chi connectivity index (χ4n) is 3.18. The largest absolute Gasteiger partial charge is 0.340 e. The molecule has 1 aliphatic rings. The van der Waals surface area contributed by atoms with Crippen LogP contribution in [0.15, 0.2) is 92.1 Å². The van der Waals surface area contributed by atoms with Crippen molar-refractivity contribution in [3.05, 3.63) is 82.8 Å². The summed E-state index contributed by atoms with van der Waals surface area (Å²) in [6, 6.07) is 24.2. The predicted molar refractivity (Wildman–Crippen MR) is 124 cm³/mol. The summed E-state index contributed by atoms with van der Waals surface area (Å²) in [6.07, 6.45) is 2.41. The van der Waals surface area contributed by atoms with E-state index in [1.807, 2.05) is 24.3 Å². The molecule has 0 bridgehead atoms. The highest BCUT2D eigenvalue weighted by Gasteiger charge is 2.22. The van der Waals surface area contributed by atoms with E-state index >= 15 is 0 Å². The lowest BCUT2D eigenvalue weighted by Crippen LogP contribution is -2.27. The van der Waals surface area contributed by atoms with E-state index in [2.05, 4.69) is 79.7 Å². The SMILES string of the molecule is O=C(/N=C/c1ccc(Br)cc1)NCCCN1c2ccccc2Sc2ccccc21. The third-order valence-electron chi connectivity index (χ3n) is 4.57. The van der Waals surface area contributed by atoms with Crippen LogP contribution in [0, 0.1) is 0 Å². The molecule has 4 rings (SSSR count). The minimum absolute atomic E-state index is 0.317. The summed E-state index contributed by atoms with van der Waals surface area (Å²) in [4.78, 5) is 20.8. The number of aliphatic imine (C=N–C) groups is 1. The summed E-state index contributed by atoms with van der Waals surface area (Å²) in [5.41, 5.74) is 3.33. The topological polar surface area (TPSA) is 44.7 Å². The molecule has 0 atom stereocenters. The van der Waals surface area contributed by atoms with E-state index in [0.29, 0.717) is 6.54 Å². The Morgan fingerprint density at radius 3 is 2.24 bits per heavy atom. The minimum atomic E-state index is -0.317. The first-order valence-corrected chi connectivity index (χ1v) is 11.0. The molecule has 0 radical (unpaired) electrons. The minimum Gasteiger partial charge on any atom is -0.340 e. The van der Waals surface area contributed by atoms with Crippen molar-refractivity contribution in [1.82, 2.24) is 5.32 Å². The van der Waals surface area contributed by atoms with Crippen molar-refractivity contribution in [1.29, 1.82) is 0 Å². The van der Waals surface area contributed by atoms with E-state index < -0.39 is 0 Å². The number of fused-ring (bicyclic) bond motifs is 2. The van der Waals surface area contributed by atoms with Gasteiger partial charge in [-0.05, 0) is 48.4 Å². The Morgan fingerprint density at radius 1 is 0.966 bits per heavy atom. The highest BCUT2D eigenvalue weighted by molar-refractivity contribution is 9.10. The van der Waals surface area contributed by atoms with Gasteiger partial charge in [-0.25, -0.2) is 9.79 Å². The molecule has 0 saturated heterocycles. The van der Waals surface area contributed by atoms with Gasteiger partial charge < -0.3 is 10.2 Å². The first-order valence-electron chi connectivity index (χ1n) is 9.41. The molecule has 4 nitrogen and oxygen atoms in total.